The van der Waals surface area contributed by atoms with Crippen LogP contribution in [0, 0.1) is 5.82 Å². The number of rotatable bonds is 3. The van der Waals surface area contributed by atoms with Gasteiger partial charge in [-0.1, -0.05) is 12.1 Å². The predicted octanol–water partition coefficient (Wildman–Crippen LogP) is 3.04. The van der Waals surface area contributed by atoms with E-state index in [1.54, 1.807) is 43.3 Å². The second kappa shape index (κ2) is 5.79. The average Bonchev–Trinajstić information content (AvgIpc) is 2.58. The van der Waals surface area contributed by atoms with Gasteiger partial charge in [0.15, 0.2) is 11.5 Å². The third-order valence-corrected chi connectivity index (χ3v) is 3.94. The van der Waals surface area contributed by atoms with E-state index in [0.717, 1.165) is 5.56 Å². The van der Waals surface area contributed by atoms with Crippen molar-refractivity contribution in [1.29, 1.82) is 0 Å². The largest absolute Gasteiger partial charge is 0.493 e. The van der Waals surface area contributed by atoms with Crippen molar-refractivity contribution < 1.29 is 18.7 Å². The number of hydrogen-bond acceptors (Lipinski definition) is 4. The van der Waals surface area contributed by atoms with Crippen LogP contribution in [0.1, 0.15) is 22.1 Å². The summed E-state index contributed by atoms with van der Waals surface area (Å²) in [5.41, 5.74) is 1.95. The highest BCUT2D eigenvalue weighted by atomic mass is 19.1. The van der Waals surface area contributed by atoms with Crippen LogP contribution in [0.2, 0.25) is 0 Å². The molecule has 1 aliphatic rings. The SMILES string of the molecule is COc1cc2c(cc1OC)C(=O)N(C)[C@@H](c1ccc(F)cc1)N2. The molecule has 0 aliphatic carbocycles. The molecule has 1 heterocycles. The molecule has 6 heteroatoms. The predicted molar refractivity (Wildman–Crippen MR) is 84.4 cm³/mol. The van der Waals surface area contributed by atoms with Gasteiger partial charge in [-0.25, -0.2) is 4.39 Å². The van der Waals surface area contributed by atoms with Crippen LogP contribution in [0.25, 0.3) is 0 Å². The molecule has 1 amide bonds. The fourth-order valence-electron chi connectivity index (χ4n) is 2.68. The van der Waals surface area contributed by atoms with Crippen LogP contribution in [0.3, 0.4) is 0 Å². The molecule has 0 spiro atoms. The Hall–Kier alpha value is -2.76. The second-order valence-electron chi connectivity index (χ2n) is 5.27. The summed E-state index contributed by atoms with van der Waals surface area (Å²) in [7, 11) is 4.76. The first kappa shape index (κ1) is 15.1. The Kier molecular flexibility index (Phi) is 3.82. The number of benzene rings is 2. The van der Waals surface area contributed by atoms with Crippen molar-refractivity contribution in [2.75, 3.05) is 26.6 Å². The summed E-state index contributed by atoms with van der Waals surface area (Å²) in [6.45, 7) is 0. The summed E-state index contributed by atoms with van der Waals surface area (Å²) < 4.78 is 23.6. The topological polar surface area (TPSA) is 50.8 Å². The summed E-state index contributed by atoms with van der Waals surface area (Å²) in [5.74, 6) is 0.573. The Labute approximate surface area is 133 Å². The number of nitrogens with one attached hydrogen (secondary N) is 1. The summed E-state index contributed by atoms with van der Waals surface area (Å²) >= 11 is 0. The summed E-state index contributed by atoms with van der Waals surface area (Å²) in [6.07, 6.45) is -0.381. The van der Waals surface area contributed by atoms with Crippen molar-refractivity contribution in [1.82, 2.24) is 4.90 Å². The molecular weight excluding hydrogens is 299 g/mol. The molecule has 2 aromatic rings. The van der Waals surface area contributed by atoms with E-state index in [4.69, 9.17) is 9.47 Å². The molecule has 0 fully saturated rings. The molecule has 120 valence electrons. The third kappa shape index (κ3) is 2.56. The van der Waals surface area contributed by atoms with Gasteiger partial charge in [0.2, 0.25) is 0 Å². The number of fused-ring (bicyclic) bond motifs is 1. The molecule has 23 heavy (non-hydrogen) atoms. The van der Waals surface area contributed by atoms with Crippen LogP contribution < -0.4 is 14.8 Å². The summed E-state index contributed by atoms with van der Waals surface area (Å²) in [5, 5.41) is 3.29. The zero-order chi connectivity index (χ0) is 16.6. The lowest BCUT2D eigenvalue weighted by molar-refractivity contribution is 0.0735. The van der Waals surface area contributed by atoms with E-state index in [2.05, 4.69) is 5.32 Å². The van der Waals surface area contributed by atoms with Gasteiger partial charge in [0.05, 0.1) is 25.5 Å². The van der Waals surface area contributed by atoms with Crippen LogP contribution in [-0.4, -0.2) is 32.1 Å². The fourth-order valence-corrected chi connectivity index (χ4v) is 2.68. The van der Waals surface area contributed by atoms with Crippen molar-refractivity contribution >= 4 is 11.6 Å². The lowest BCUT2D eigenvalue weighted by Gasteiger charge is -2.36. The fraction of sp³-hybridized carbons (Fsp3) is 0.235. The maximum atomic E-state index is 13.1. The third-order valence-electron chi connectivity index (χ3n) is 3.94. The van der Waals surface area contributed by atoms with Crippen LogP contribution in [0.15, 0.2) is 36.4 Å². The van der Waals surface area contributed by atoms with E-state index in [-0.39, 0.29) is 17.9 Å². The molecule has 3 rings (SSSR count). The van der Waals surface area contributed by atoms with Crippen molar-refractivity contribution in [3.63, 3.8) is 0 Å². The van der Waals surface area contributed by atoms with Gasteiger partial charge in [0, 0.05) is 13.1 Å². The number of methoxy groups -OCH3 is 2. The highest BCUT2D eigenvalue weighted by Crippen LogP contribution is 2.39. The van der Waals surface area contributed by atoms with E-state index in [1.165, 1.54) is 19.2 Å². The smallest absolute Gasteiger partial charge is 0.257 e. The Bertz CT molecular complexity index is 746. The maximum absolute atomic E-state index is 13.1. The maximum Gasteiger partial charge on any atom is 0.257 e. The molecule has 1 N–H and O–H groups in total. The van der Waals surface area contributed by atoms with Gasteiger partial charge in [0.25, 0.3) is 5.91 Å². The van der Waals surface area contributed by atoms with Crippen LogP contribution in [0.5, 0.6) is 11.5 Å². The number of ether oxygens (including phenoxy) is 2. The van der Waals surface area contributed by atoms with Gasteiger partial charge < -0.3 is 19.7 Å². The standard InChI is InChI=1S/C17H17FN2O3/c1-20-16(10-4-6-11(18)7-5-10)19-13-9-15(23-3)14(22-2)8-12(13)17(20)21/h4-9,16,19H,1-3H3/t16-/m0/s1. The van der Waals surface area contributed by atoms with E-state index < -0.39 is 0 Å². The summed E-state index contributed by atoms with van der Waals surface area (Å²) in [6, 6.07) is 9.44. The normalized spacial score (nSPS) is 16.6. The first-order valence-electron chi connectivity index (χ1n) is 7.10. The zero-order valence-electron chi connectivity index (χ0n) is 13.1. The quantitative estimate of drug-likeness (QED) is 0.945. The first-order valence-corrected chi connectivity index (χ1v) is 7.10. The lowest BCUT2D eigenvalue weighted by Crippen LogP contribution is -2.40. The van der Waals surface area contributed by atoms with Gasteiger partial charge in [-0.3, -0.25) is 4.79 Å². The zero-order valence-corrected chi connectivity index (χ0v) is 13.1. The van der Waals surface area contributed by atoms with E-state index in [9.17, 15) is 9.18 Å². The number of hydrogen-bond donors (Lipinski definition) is 1. The van der Waals surface area contributed by atoms with Gasteiger partial charge in [-0.15, -0.1) is 0 Å². The number of anilines is 1. The second-order valence-corrected chi connectivity index (χ2v) is 5.27. The Morgan fingerprint density at radius 2 is 1.70 bits per heavy atom. The monoisotopic (exact) mass is 316 g/mol. The Morgan fingerprint density at radius 3 is 2.30 bits per heavy atom. The van der Waals surface area contributed by atoms with Gasteiger partial charge >= 0.3 is 0 Å². The molecule has 2 aromatic carbocycles. The molecule has 0 unspecified atom stereocenters. The van der Waals surface area contributed by atoms with Crippen LogP contribution in [0.4, 0.5) is 10.1 Å². The molecule has 0 saturated carbocycles. The minimum atomic E-state index is -0.381. The first-order chi connectivity index (χ1) is 11.0. The van der Waals surface area contributed by atoms with Crippen LogP contribution in [-0.2, 0) is 0 Å². The van der Waals surface area contributed by atoms with E-state index in [1.807, 2.05) is 0 Å². The lowest BCUT2D eigenvalue weighted by atomic mass is 10.0. The molecule has 0 bridgehead atoms. The number of carbonyl (C=O) groups is 1. The van der Waals surface area contributed by atoms with Crippen LogP contribution >= 0.6 is 0 Å². The summed E-state index contributed by atoms with van der Waals surface area (Å²) in [4.78, 5) is 14.2. The molecule has 0 saturated heterocycles. The highest BCUT2D eigenvalue weighted by molar-refractivity contribution is 6.02. The minimum absolute atomic E-state index is 0.144. The molecule has 5 nitrogen and oxygen atoms in total. The number of amides is 1. The molecule has 0 aromatic heterocycles. The molecule has 0 radical (unpaired) electrons. The molecule has 1 atom stereocenters. The highest BCUT2D eigenvalue weighted by Gasteiger charge is 2.31. The van der Waals surface area contributed by atoms with Crippen molar-refractivity contribution in [3.8, 4) is 11.5 Å². The van der Waals surface area contributed by atoms with E-state index in [0.29, 0.717) is 22.7 Å². The van der Waals surface area contributed by atoms with Crippen molar-refractivity contribution in [3.05, 3.63) is 53.3 Å². The number of halogens is 1. The van der Waals surface area contributed by atoms with Gasteiger partial charge in [-0.2, -0.15) is 0 Å². The average molecular weight is 316 g/mol. The van der Waals surface area contributed by atoms with Crippen molar-refractivity contribution in [2.45, 2.75) is 6.17 Å². The van der Waals surface area contributed by atoms with Gasteiger partial charge in [0.1, 0.15) is 12.0 Å². The molecule has 1 aliphatic heterocycles. The number of carbonyl (C=O) groups excluding carboxylic acids is 1. The number of nitrogens with zero attached hydrogens (tertiary/aromatic N) is 1. The minimum Gasteiger partial charge on any atom is -0.493 e. The van der Waals surface area contributed by atoms with E-state index >= 15 is 0 Å². The Balaban J connectivity index is 2.04. The molecular formula is C17H17FN2O3. The Morgan fingerprint density at radius 1 is 1.09 bits per heavy atom. The van der Waals surface area contributed by atoms with Crippen molar-refractivity contribution in [2.24, 2.45) is 0 Å². The van der Waals surface area contributed by atoms with Gasteiger partial charge in [-0.05, 0) is 23.8 Å².